The van der Waals surface area contributed by atoms with E-state index in [0.29, 0.717) is 12.2 Å². The number of hydrogen-bond acceptors (Lipinski definition) is 4. The monoisotopic (exact) mass is 420 g/mol. The smallest absolute Gasteiger partial charge is 0.240 e. The largest absolute Gasteiger partial charge is 0.354 e. The zero-order chi connectivity index (χ0) is 20.7. The summed E-state index contributed by atoms with van der Waals surface area (Å²) in [7, 11) is -3.55. The van der Waals surface area contributed by atoms with Crippen molar-refractivity contribution in [2.24, 2.45) is 0 Å². The Hall–Kier alpha value is -1.99. The number of aryl methyl sites for hydroxylation is 3. The summed E-state index contributed by atoms with van der Waals surface area (Å²) in [5.41, 5.74) is 3.66. The third kappa shape index (κ3) is 7.20. The highest BCUT2D eigenvalue weighted by atomic mass is 32.2. The minimum Gasteiger partial charge on any atom is -0.354 e. The first-order chi connectivity index (χ1) is 13.1. The number of carbonyl (C=O) groups excluding carboxylic acids is 1. The van der Waals surface area contributed by atoms with E-state index in [1.165, 1.54) is 10.5 Å². The third-order valence-electron chi connectivity index (χ3n) is 4.11. The third-order valence-corrected chi connectivity index (χ3v) is 6.35. The van der Waals surface area contributed by atoms with Crippen LogP contribution in [0.4, 0.5) is 5.69 Å². The van der Waals surface area contributed by atoms with Gasteiger partial charge >= 0.3 is 0 Å². The zero-order valence-corrected chi connectivity index (χ0v) is 18.5. The Morgan fingerprint density at radius 3 is 2.18 bits per heavy atom. The van der Waals surface area contributed by atoms with E-state index in [1.54, 1.807) is 23.9 Å². The van der Waals surface area contributed by atoms with Gasteiger partial charge in [-0.2, -0.15) is 0 Å². The molecule has 0 aromatic heterocycles. The summed E-state index contributed by atoms with van der Waals surface area (Å²) in [6, 6.07) is 13.9. The van der Waals surface area contributed by atoms with E-state index in [2.05, 4.69) is 36.5 Å². The van der Waals surface area contributed by atoms with Crippen molar-refractivity contribution in [3.63, 3.8) is 0 Å². The molecule has 0 aliphatic heterocycles. The van der Waals surface area contributed by atoms with Crippen LogP contribution in [0.5, 0.6) is 0 Å². The number of sulfonamides is 1. The van der Waals surface area contributed by atoms with Gasteiger partial charge in [0.25, 0.3) is 0 Å². The van der Waals surface area contributed by atoms with Crippen molar-refractivity contribution in [2.75, 3.05) is 29.4 Å². The number of benzene rings is 2. The molecule has 2 rings (SSSR count). The van der Waals surface area contributed by atoms with Crippen LogP contribution < -0.4 is 9.62 Å². The summed E-state index contributed by atoms with van der Waals surface area (Å²) in [5.74, 6) is 0.584. The Balaban J connectivity index is 1.85. The van der Waals surface area contributed by atoms with E-state index < -0.39 is 10.0 Å². The van der Waals surface area contributed by atoms with Crippen LogP contribution in [0.2, 0.25) is 0 Å². The van der Waals surface area contributed by atoms with Gasteiger partial charge < -0.3 is 5.32 Å². The number of rotatable bonds is 9. The lowest BCUT2D eigenvalue weighted by Gasteiger charge is -2.22. The lowest BCUT2D eigenvalue weighted by atomic mass is 10.1. The first-order valence-corrected chi connectivity index (χ1v) is 12.0. The first kappa shape index (κ1) is 22.3. The molecule has 0 unspecified atom stereocenters. The summed E-state index contributed by atoms with van der Waals surface area (Å²) in [6.45, 7) is 6.17. The lowest BCUT2D eigenvalue weighted by Crippen LogP contribution is -2.40. The molecule has 1 amide bonds. The van der Waals surface area contributed by atoms with E-state index in [9.17, 15) is 13.2 Å². The van der Waals surface area contributed by atoms with Crippen LogP contribution in [-0.4, -0.2) is 39.4 Å². The molecule has 0 saturated heterocycles. The number of nitrogens with zero attached hydrogens (tertiary/aromatic N) is 1. The van der Waals surface area contributed by atoms with Crippen LogP contribution in [0.3, 0.4) is 0 Å². The summed E-state index contributed by atoms with van der Waals surface area (Å²) >= 11 is 1.74. The van der Waals surface area contributed by atoms with Crippen molar-refractivity contribution in [3.8, 4) is 0 Å². The SMILES string of the molecule is Cc1ccc(SCCCNC(=O)CN(c2cc(C)cc(C)c2)S(C)(=O)=O)cc1. The number of amides is 1. The Kier molecular flexibility index (Phi) is 7.95. The molecule has 2 aromatic rings. The van der Waals surface area contributed by atoms with Crippen LogP contribution in [0.15, 0.2) is 47.4 Å². The second-order valence-corrected chi connectivity index (χ2v) is 10.1. The fourth-order valence-corrected chi connectivity index (χ4v) is 4.50. The summed E-state index contributed by atoms with van der Waals surface area (Å²) < 4.78 is 25.5. The first-order valence-electron chi connectivity index (χ1n) is 9.17. The molecule has 0 heterocycles. The maximum Gasteiger partial charge on any atom is 0.240 e. The predicted molar refractivity (Wildman–Crippen MR) is 118 cm³/mol. The van der Waals surface area contributed by atoms with Gasteiger partial charge in [-0.05, 0) is 68.3 Å². The number of thioether (sulfide) groups is 1. The molecule has 0 fully saturated rings. The number of hydrogen-bond donors (Lipinski definition) is 1. The Labute approximate surface area is 172 Å². The Bertz CT molecular complexity index is 889. The molecule has 0 aliphatic carbocycles. The molecule has 0 spiro atoms. The number of anilines is 1. The van der Waals surface area contributed by atoms with Gasteiger partial charge in [0.2, 0.25) is 15.9 Å². The predicted octanol–water partition coefficient (Wildman–Crippen LogP) is 3.68. The molecule has 1 N–H and O–H groups in total. The molecule has 0 radical (unpaired) electrons. The van der Waals surface area contributed by atoms with Crippen molar-refractivity contribution < 1.29 is 13.2 Å². The van der Waals surface area contributed by atoms with Gasteiger partial charge in [-0.3, -0.25) is 9.10 Å². The molecule has 0 bridgehead atoms. The molecule has 0 aliphatic rings. The number of carbonyl (C=O) groups is 1. The van der Waals surface area contributed by atoms with Gasteiger partial charge in [0.15, 0.2) is 0 Å². The normalized spacial score (nSPS) is 11.3. The van der Waals surface area contributed by atoms with Gasteiger partial charge in [-0.15, -0.1) is 11.8 Å². The minimum absolute atomic E-state index is 0.215. The highest BCUT2D eigenvalue weighted by Crippen LogP contribution is 2.21. The van der Waals surface area contributed by atoms with Crippen LogP contribution >= 0.6 is 11.8 Å². The maximum absolute atomic E-state index is 12.3. The van der Waals surface area contributed by atoms with Gasteiger partial charge in [0.05, 0.1) is 11.9 Å². The molecule has 0 atom stereocenters. The molecule has 0 saturated carbocycles. The van der Waals surface area contributed by atoms with E-state index in [-0.39, 0.29) is 12.5 Å². The highest BCUT2D eigenvalue weighted by molar-refractivity contribution is 7.99. The molecule has 28 heavy (non-hydrogen) atoms. The Morgan fingerprint density at radius 1 is 1.00 bits per heavy atom. The van der Waals surface area contributed by atoms with Crippen molar-refractivity contribution in [1.82, 2.24) is 5.32 Å². The van der Waals surface area contributed by atoms with Gasteiger partial charge in [0.1, 0.15) is 6.54 Å². The molecule has 7 heteroatoms. The lowest BCUT2D eigenvalue weighted by molar-refractivity contribution is -0.119. The fraction of sp³-hybridized carbons (Fsp3) is 0.381. The average Bonchev–Trinajstić information content (AvgIpc) is 2.59. The second-order valence-electron chi connectivity index (χ2n) is 6.98. The quantitative estimate of drug-likeness (QED) is 0.496. The summed E-state index contributed by atoms with van der Waals surface area (Å²) in [4.78, 5) is 13.5. The average molecular weight is 421 g/mol. The minimum atomic E-state index is -3.55. The Morgan fingerprint density at radius 2 is 1.61 bits per heavy atom. The number of nitrogens with one attached hydrogen (secondary N) is 1. The van der Waals surface area contributed by atoms with Gasteiger partial charge in [-0.25, -0.2) is 8.42 Å². The summed E-state index contributed by atoms with van der Waals surface area (Å²) in [6.07, 6.45) is 1.93. The van der Waals surface area contributed by atoms with Crippen molar-refractivity contribution >= 4 is 33.4 Å². The van der Waals surface area contributed by atoms with Crippen molar-refractivity contribution in [3.05, 3.63) is 59.2 Å². The van der Waals surface area contributed by atoms with E-state index >= 15 is 0 Å². The van der Waals surface area contributed by atoms with Gasteiger partial charge in [0, 0.05) is 11.4 Å². The van der Waals surface area contributed by atoms with E-state index in [1.807, 2.05) is 19.9 Å². The highest BCUT2D eigenvalue weighted by Gasteiger charge is 2.21. The van der Waals surface area contributed by atoms with Crippen molar-refractivity contribution in [2.45, 2.75) is 32.1 Å². The van der Waals surface area contributed by atoms with Crippen molar-refractivity contribution in [1.29, 1.82) is 0 Å². The molecule has 152 valence electrons. The molecular weight excluding hydrogens is 392 g/mol. The van der Waals surface area contributed by atoms with Crippen LogP contribution in [0.1, 0.15) is 23.1 Å². The van der Waals surface area contributed by atoms with E-state index in [4.69, 9.17) is 0 Å². The van der Waals surface area contributed by atoms with Crippen LogP contribution in [-0.2, 0) is 14.8 Å². The fourth-order valence-electron chi connectivity index (χ4n) is 2.81. The van der Waals surface area contributed by atoms with Crippen LogP contribution in [0.25, 0.3) is 0 Å². The zero-order valence-electron chi connectivity index (χ0n) is 16.9. The standard InChI is InChI=1S/C21H28N2O3S2/c1-16-6-8-20(9-7-16)27-11-5-10-22-21(24)15-23(28(4,25)26)19-13-17(2)12-18(3)14-19/h6-9,12-14H,5,10-11,15H2,1-4H3,(H,22,24). The molecule has 5 nitrogen and oxygen atoms in total. The molecular formula is C21H28N2O3S2. The molecule has 2 aromatic carbocycles. The second kappa shape index (κ2) is 9.98. The van der Waals surface area contributed by atoms with E-state index in [0.717, 1.165) is 33.9 Å². The van der Waals surface area contributed by atoms with Crippen LogP contribution in [0, 0.1) is 20.8 Å². The maximum atomic E-state index is 12.3. The van der Waals surface area contributed by atoms with Gasteiger partial charge in [-0.1, -0.05) is 23.8 Å². The topological polar surface area (TPSA) is 66.5 Å². The summed E-state index contributed by atoms with van der Waals surface area (Å²) in [5, 5.41) is 2.82.